The van der Waals surface area contributed by atoms with Crippen molar-refractivity contribution in [2.24, 2.45) is 0 Å². The Morgan fingerprint density at radius 3 is 2.44 bits per heavy atom. The summed E-state index contributed by atoms with van der Waals surface area (Å²) in [5.41, 5.74) is 3.28. The van der Waals surface area contributed by atoms with E-state index in [4.69, 9.17) is 16.4 Å². The Balaban J connectivity index is 1.68. The van der Waals surface area contributed by atoms with Crippen LogP contribution in [-0.2, 0) is 4.84 Å². The van der Waals surface area contributed by atoms with Crippen molar-refractivity contribution in [2.45, 2.75) is 18.6 Å². The van der Waals surface area contributed by atoms with Gasteiger partial charge in [-0.05, 0) is 53.6 Å². The maximum atomic E-state index is 6.33. The van der Waals surface area contributed by atoms with E-state index in [9.17, 15) is 0 Å². The summed E-state index contributed by atoms with van der Waals surface area (Å²) >= 11 is 9.52. The highest BCUT2D eigenvalue weighted by molar-refractivity contribution is 9.10. The highest BCUT2D eigenvalue weighted by atomic mass is 79.9. The average molecular weight is 416 g/mol. The third kappa shape index (κ3) is 3.56. The molecule has 2 atom stereocenters. The van der Waals surface area contributed by atoms with Gasteiger partial charge >= 0.3 is 0 Å². The molecule has 1 aliphatic rings. The fourth-order valence-electron chi connectivity index (χ4n) is 3.10. The second-order valence-corrected chi connectivity index (χ2v) is 7.34. The Morgan fingerprint density at radius 1 is 1.00 bits per heavy atom. The summed E-state index contributed by atoms with van der Waals surface area (Å²) in [5.74, 6) is 0. The number of pyridine rings is 1. The van der Waals surface area contributed by atoms with E-state index in [1.54, 1.807) is 6.20 Å². The van der Waals surface area contributed by atoms with Crippen molar-refractivity contribution in [3.8, 4) is 0 Å². The molecular weight excluding hydrogens is 400 g/mol. The molecule has 0 N–H and O–H groups in total. The first-order chi connectivity index (χ1) is 12.2. The minimum Gasteiger partial charge on any atom is -0.265 e. The number of hydroxylamine groups is 1. The van der Waals surface area contributed by atoms with Crippen molar-refractivity contribution in [3.63, 3.8) is 0 Å². The zero-order chi connectivity index (χ0) is 17.2. The van der Waals surface area contributed by atoms with E-state index in [1.165, 1.54) is 0 Å². The Labute approximate surface area is 160 Å². The molecule has 0 aliphatic carbocycles. The highest BCUT2D eigenvalue weighted by Gasteiger charge is 2.36. The van der Waals surface area contributed by atoms with E-state index in [2.05, 4.69) is 39.1 Å². The maximum Gasteiger partial charge on any atom is 0.113 e. The van der Waals surface area contributed by atoms with E-state index < -0.39 is 0 Å². The van der Waals surface area contributed by atoms with Gasteiger partial charge in [-0.15, -0.1) is 0 Å². The minimum atomic E-state index is -0.00557. The summed E-state index contributed by atoms with van der Waals surface area (Å²) in [6, 6.07) is 20.2. The molecule has 3 nitrogen and oxygen atoms in total. The van der Waals surface area contributed by atoms with Crippen LogP contribution in [-0.4, -0.2) is 4.98 Å². The smallest absolute Gasteiger partial charge is 0.113 e. The van der Waals surface area contributed by atoms with Crippen LogP contribution in [0.3, 0.4) is 0 Å². The fraction of sp³-hybridized carbons (Fsp3) is 0.150. The van der Waals surface area contributed by atoms with Gasteiger partial charge in [0.05, 0.1) is 11.7 Å². The third-order valence-electron chi connectivity index (χ3n) is 4.35. The summed E-state index contributed by atoms with van der Waals surface area (Å²) in [6.07, 6.45) is 4.55. The molecule has 0 saturated carbocycles. The maximum absolute atomic E-state index is 6.33. The van der Waals surface area contributed by atoms with Crippen LogP contribution in [0.2, 0.25) is 5.02 Å². The minimum absolute atomic E-state index is 0.00557. The third-order valence-corrected chi connectivity index (χ3v) is 5.13. The molecule has 126 valence electrons. The van der Waals surface area contributed by atoms with Crippen LogP contribution in [0.1, 0.15) is 29.7 Å². The van der Waals surface area contributed by atoms with Crippen LogP contribution >= 0.6 is 27.5 Å². The molecular formula is C20H16BrClN2O. The summed E-state index contributed by atoms with van der Waals surface area (Å²) in [7, 11) is 0. The lowest BCUT2D eigenvalue weighted by Crippen LogP contribution is -2.21. The normalized spacial score (nSPS) is 20.0. The number of hydrogen-bond acceptors (Lipinski definition) is 3. The van der Waals surface area contributed by atoms with Crippen LogP contribution in [0, 0.1) is 0 Å². The summed E-state index contributed by atoms with van der Waals surface area (Å²) in [6.45, 7) is 0. The molecule has 2 aromatic carbocycles. The van der Waals surface area contributed by atoms with Gasteiger partial charge in [0.2, 0.25) is 0 Å². The summed E-state index contributed by atoms with van der Waals surface area (Å²) in [5, 5.41) is 2.69. The predicted octanol–water partition coefficient (Wildman–Crippen LogP) is 6.12. The highest BCUT2D eigenvalue weighted by Crippen LogP contribution is 2.44. The Morgan fingerprint density at radius 2 is 1.76 bits per heavy atom. The van der Waals surface area contributed by atoms with E-state index in [-0.39, 0.29) is 12.1 Å². The molecule has 2 unspecified atom stereocenters. The number of hydrogen-bond donors (Lipinski definition) is 0. The fourth-order valence-corrected chi connectivity index (χ4v) is 3.49. The molecule has 0 spiro atoms. The van der Waals surface area contributed by atoms with Gasteiger partial charge in [0.25, 0.3) is 0 Å². The van der Waals surface area contributed by atoms with Crippen LogP contribution < -0.4 is 5.06 Å². The predicted molar refractivity (Wildman–Crippen MR) is 103 cm³/mol. The lowest BCUT2D eigenvalue weighted by molar-refractivity contribution is 0.0836. The Hall–Kier alpha value is -1.88. The molecule has 1 aromatic heterocycles. The molecule has 1 saturated heterocycles. The van der Waals surface area contributed by atoms with Crippen molar-refractivity contribution in [1.29, 1.82) is 0 Å². The Bertz CT molecular complexity index is 840. The van der Waals surface area contributed by atoms with Gasteiger partial charge in [-0.3, -0.25) is 9.82 Å². The standard InChI is InChI=1S/C20H16BrClN2O/c21-16-5-3-14(4-6-16)20-12-19(15-2-1-11-23-13-15)24(25-20)18-9-7-17(22)8-10-18/h1-11,13,19-20H,12H2. The number of halogens is 2. The number of rotatable bonds is 3. The molecule has 4 rings (SSSR count). The first-order valence-electron chi connectivity index (χ1n) is 8.08. The first kappa shape index (κ1) is 16.6. The van der Waals surface area contributed by atoms with Crippen molar-refractivity contribution < 1.29 is 4.84 Å². The number of nitrogens with zero attached hydrogens (tertiary/aromatic N) is 2. The van der Waals surface area contributed by atoms with Crippen LogP contribution in [0.5, 0.6) is 0 Å². The van der Waals surface area contributed by atoms with Crippen molar-refractivity contribution in [3.05, 3.63) is 93.7 Å². The van der Waals surface area contributed by atoms with Gasteiger partial charge < -0.3 is 0 Å². The molecule has 0 amide bonds. The topological polar surface area (TPSA) is 25.4 Å². The van der Waals surface area contributed by atoms with E-state index >= 15 is 0 Å². The van der Waals surface area contributed by atoms with Crippen LogP contribution in [0.15, 0.2) is 77.5 Å². The second-order valence-electron chi connectivity index (χ2n) is 5.99. The molecule has 25 heavy (non-hydrogen) atoms. The van der Waals surface area contributed by atoms with Crippen molar-refractivity contribution >= 4 is 33.2 Å². The molecule has 5 heteroatoms. The van der Waals surface area contributed by atoms with Gasteiger partial charge in [-0.1, -0.05) is 45.7 Å². The SMILES string of the molecule is Clc1ccc(N2OC(c3ccc(Br)cc3)CC2c2cccnc2)cc1. The molecule has 0 bridgehead atoms. The molecule has 1 aliphatic heterocycles. The van der Waals surface area contributed by atoms with Gasteiger partial charge in [-0.25, -0.2) is 5.06 Å². The van der Waals surface area contributed by atoms with Crippen LogP contribution in [0.4, 0.5) is 5.69 Å². The van der Waals surface area contributed by atoms with Gasteiger partial charge in [0.1, 0.15) is 6.10 Å². The monoisotopic (exact) mass is 414 g/mol. The first-order valence-corrected chi connectivity index (χ1v) is 9.25. The molecule has 0 radical (unpaired) electrons. The van der Waals surface area contributed by atoms with E-state index in [0.29, 0.717) is 5.02 Å². The van der Waals surface area contributed by atoms with Gasteiger partial charge in [0.15, 0.2) is 0 Å². The average Bonchev–Trinajstić information content (AvgIpc) is 3.09. The Kier molecular flexibility index (Phi) is 4.75. The quantitative estimate of drug-likeness (QED) is 0.515. The zero-order valence-electron chi connectivity index (χ0n) is 13.3. The molecule has 3 aromatic rings. The second kappa shape index (κ2) is 7.16. The molecule has 1 fully saturated rings. The lowest BCUT2D eigenvalue weighted by Gasteiger charge is -2.25. The van der Waals surface area contributed by atoms with Crippen molar-refractivity contribution in [2.75, 3.05) is 5.06 Å². The summed E-state index contributed by atoms with van der Waals surface area (Å²) in [4.78, 5) is 10.6. The van der Waals surface area contributed by atoms with Crippen molar-refractivity contribution in [1.82, 2.24) is 4.98 Å². The lowest BCUT2D eigenvalue weighted by atomic mass is 9.99. The number of aromatic nitrogens is 1. The number of anilines is 1. The van der Waals surface area contributed by atoms with Crippen LogP contribution in [0.25, 0.3) is 0 Å². The zero-order valence-corrected chi connectivity index (χ0v) is 15.7. The number of benzene rings is 2. The molecule has 2 heterocycles. The van der Waals surface area contributed by atoms with Gasteiger partial charge in [0, 0.05) is 28.3 Å². The van der Waals surface area contributed by atoms with Gasteiger partial charge in [-0.2, -0.15) is 0 Å². The van der Waals surface area contributed by atoms with E-state index in [0.717, 1.165) is 27.7 Å². The summed E-state index contributed by atoms with van der Waals surface area (Å²) < 4.78 is 1.06. The largest absolute Gasteiger partial charge is 0.265 e. The van der Waals surface area contributed by atoms with E-state index in [1.807, 2.05) is 53.7 Å².